The zero-order chi connectivity index (χ0) is 19.3. The van der Waals surface area contributed by atoms with Gasteiger partial charge in [0, 0.05) is 40.8 Å². The lowest BCUT2D eigenvalue weighted by Gasteiger charge is -2.05. The second kappa shape index (κ2) is 7.34. The Bertz CT molecular complexity index is 1350. The van der Waals surface area contributed by atoms with Crippen LogP contribution in [0.2, 0.25) is 0 Å². The van der Waals surface area contributed by atoms with Crippen LogP contribution in [0.3, 0.4) is 0 Å². The van der Waals surface area contributed by atoms with E-state index in [1.165, 1.54) is 17.8 Å². The van der Waals surface area contributed by atoms with Crippen LogP contribution in [-0.4, -0.2) is 29.4 Å². The lowest BCUT2D eigenvalue weighted by atomic mass is 10.1. The number of hydrogen-bond acceptors (Lipinski definition) is 6. The molecule has 0 spiro atoms. The number of fused-ring (bicyclic) bond motifs is 2. The number of nitrogen functional groups attached to an aromatic ring is 1. The van der Waals surface area contributed by atoms with Gasteiger partial charge in [0.2, 0.25) is 5.16 Å². The summed E-state index contributed by atoms with van der Waals surface area (Å²) in [5, 5.41) is 13.8. The Morgan fingerprint density at radius 1 is 1.03 bits per heavy atom. The third-order valence-electron chi connectivity index (χ3n) is 4.35. The largest absolute Gasteiger partial charge is 0.397 e. The number of hydrogen-bond donors (Lipinski definition) is 1. The number of aryl methyl sites for hydroxylation is 1. The number of halogens is 2. The van der Waals surface area contributed by atoms with Gasteiger partial charge in [-0.1, -0.05) is 0 Å². The van der Waals surface area contributed by atoms with Crippen LogP contribution in [-0.2, 0) is 7.05 Å². The summed E-state index contributed by atoms with van der Waals surface area (Å²) in [4.78, 5) is 5.23. The predicted octanol–water partition coefficient (Wildman–Crippen LogP) is 3.97. The van der Waals surface area contributed by atoms with Crippen molar-refractivity contribution in [2.24, 2.45) is 7.05 Å². The molecule has 4 aromatic heterocycles. The van der Waals surface area contributed by atoms with Crippen LogP contribution in [0.15, 0.2) is 65.2 Å². The van der Waals surface area contributed by atoms with Gasteiger partial charge in [-0.05, 0) is 42.1 Å². The molecule has 146 valence electrons. The molecule has 0 atom stereocenters. The van der Waals surface area contributed by atoms with E-state index in [4.69, 9.17) is 5.73 Å². The molecule has 0 unspecified atom stereocenters. The fraction of sp³-hybridized carbons (Fsp3) is 0.0526. The zero-order valence-electron chi connectivity index (χ0n) is 15.2. The second-order valence-electron chi connectivity index (χ2n) is 6.38. The minimum absolute atomic E-state index is 0. The first-order chi connectivity index (χ1) is 13.6. The van der Waals surface area contributed by atoms with Crippen LogP contribution in [0.1, 0.15) is 0 Å². The van der Waals surface area contributed by atoms with Crippen molar-refractivity contribution >= 4 is 46.4 Å². The zero-order valence-corrected chi connectivity index (χ0v) is 16.8. The molecule has 0 fully saturated rings. The Labute approximate surface area is 175 Å². The Kier molecular flexibility index (Phi) is 4.85. The lowest BCUT2D eigenvalue weighted by molar-refractivity contribution is 0.629. The van der Waals surface area contributed by atoms with Gasteiger partial charge in [-0.3, -0.25) is 14.1 Å². The average molecular weight is 428 g/mol. The van der Waals surface area contributed by atoms with Crippen molar-refractivity contribution in [3.63, 3.8) is 0 Å². The summed E-state index contributed by atoms with van der Waals surface area (Å²) in [5.74, 6) is -0.434. The lowest BCUT2D eigenvalue weighted by Crippen LogP contribution is -1.93. The maximum atomic E-state index is 14.6. The van der Waals surface area contributed by atoms with Crippen LogP contribution in [0.5, 0.6) is 0 Å². The molecule has 10 heteroatoms. The smallest absolute Gasteiger partial charge is 0.200 e. The van der Waals surface area contributed by atoms with Crippen molar-refractivity contribution < 1.29 is 4.39 Å². The van der Waals surface area contributed by atoms with E-state index in [1.807, 2.05) is 43.7 Å². The molecule has 7 nitrogen and oxygen atoms in total. The van der Waals surface area contributed by atoms with Gasteiger partial charge < -0.3 is 5.73 Å². The predicted molar refractivity (Wildman–Crippen MR) is 113 cm³/mol. The van der Waals surface area contributed by atoms with Crippen LogP contribution < -0.4 is 5.73 Å². The molecule has 0 radical (unpaired) electrons. The van der Waals surface area contributed by atoms with E-state index in [0.29, 0.717) is 16.4 Å². The van der Waals surface area contributed by atoms with Crippen molar-refractivity contribution in [1.82, 2.24) is 29.4 Å². The van der Waals surface area contributed by atoms with Crippen LogP contribution in [0.25, 0.3) is 27.7 Å². The highest BCUT2D eigenvalue weighted by atomic mass is 35.5. The van der Waals surface area contributed by atoms with E-state index in [0.717, 1.165) is 21.4 Å². The average Bonchev–Trinajstić information content (AvgIpc) is 3.28. The molecule has 0 saturated heterocycles. The Morgan fingerprint density at radius 2 is 1.90 bits per heavy atom. The number of pyridine rings is 2. The van der Waals surface area contributed by atoms with Gasteiger partial charge in [-0.15, -0.1) is 22.6 Å². The van der Waals surface area contributed by atoms with Crippen molar-refractivity contribution in [2.75, 3.05) is 5.73 Å². The minimum atomic E-state index is -0.434. The first-order valence-electron chi connectivity index (χ1n) is 8.43. The first kappa shape index (κ1) is 19.2. The molecule has 0 bridgehead atoms. The number of benzene rings is 1. The summed E-state index contributed by atoms with van der Waals surface area (Å²) >= 11 is 1.40. The first-order valence-corrected chi connectivity index (χ1v) is 9.25. The van der Waals surface area contributed by atoms with Gasteiger partial charge in [0.05, 0.1) is 23.6 Å². The van der Waals surface area contributed by atoms with Gasteiger partial charge in [0.1, 0.15) is 0 Å². The third kappa shape index (κ3) is 3.50. The van der Waals surface area contributed by atoms with E-state index in [2.05, 4.69) is 20.3 Å². The van der Waals surface area contributed by atoms with Crippen LogP contribution in [0.4, 0.5) is 10.1 Å². The highest BCUT2D eigenvalue weighted by Crippen LogP contribution is 2.31. The molecule has 5 aromatic rings. The van der Waals surface area contributed by atoms with Crippen LogP contribution in [0, 0.1) is 5.82 Å². The molecule has 2 N–H and O–H groups in total. The van der Waals surface area contributed by atoms with Gasteiger partial charge in [-0.2, -0.15) is 5.10 Å². The van der Waals surface area contributed by atoms with Gasteiger partial charge in [0.25, 0.3) is 0 Å². The van der Waals surface area contributed by atoms with Crippen molar-refractivity contribution in [3.8, 4) is 11.1 Å². The summed E-state index contributed by atoms with van der Waals surface area (Å²) in [6.07, 6.45) is 6.97. The molecular weight excluding hydrogens is 413 g/mol. The topological polar surface area (TPSA) is 86.9 Å². The Morgan fingerprint density at radius 3 is 2.69 bits per heavy atom. The molecule has 0 aliphatic rings. The van der Waals surface area contributed by atoms with Crippen molar-refractivity contribution in [2.45, 2.75) is 10.1 Å². The van der Waals surface area contributed by atoms with Crippen LogP contribution >= 0.6 is 24.2 Å². The number of nitrogens with two attached hydrogens (primary N) is 1. The quantitative estimate of drug-likeness (QED) is 0.468. The maximum absolute atomic E-state index is 14.6. The molecule has 29 heavy (non-hydrogen) atoms. The van der Waals surface area contributed by atoms with Gasteiger partial charge >= 0.3 is 0 Å². The summed E-state index contributed by atoms with van der Waals surface area (Å²) < 4.78 is 17.9. The fourth-order valence-corrected chi connectivity index (χ4v) is 3.88. The molecule has 0 aliphatic carbocycles. The van der Waals surface area contributed by atoms with Crippen molar-refractivity contribution in [1.29, 1.82) is 0 Å². The summed E-state index contributed by atoms with van der Waals surface area (Å²) in [7, 11) is 1.82. The molecule has 5 rings (SSSR count). The summed E-state index contributed by atoms with van der Waals surface area (Å²) in [6.45, 7) is 0. The number of nitrogens with zero attached hydrogens (tertiary/aromatic N) is 6. The number of aromatic nitrogens is 6. The van der Waals surface area contributed by atoms with Crippen molar-refractivity contribution in [3.05, 3.63) is 60.9 Å². The maximum Gasteiger partial charge on any atom is 0.200 e. The van der Waals surface area contributed by atoms with E-state index >= 15 is 0 Å². The highest BCUT2D eigenvalue weighted by Gasteiger charge is 2.14. The summed E-state index contributed by atoms with van der Waals surface area (Å²) in [6, 6.07) is 9.15. The molecule has 0 amide bonds. The monoisotopic (exact) mass is 427 g/mol. The van der Waals surface area contributed by atoms with E-state index < -0.39 is 5.82 Å². The molecular formula is C19H15ClFN7S. The van der Waals surface area contributed by atoms with E-state index in [-0.39, 0.29) is 18.1 Å². The normalized spacial score (nSPS) is 11.1. The number of rotatable bonds is 3. The standard InChI is InChI=1S/C19H14FN7S.ClH/c1-26-9-13(7-23-26)12-6-16(20)18-24-25-19(27(18)10-12)28-15-2-3-17-11(5-15)4-14(21)8-22-17;/h2-10H,21H2,1H3;1H. The van der Waals surface area contributed by atoms with E-state index in [1.54, 1.807) is 21.5 Å². The molecule has 0 aliphatic heterocycles. The third-order valence-corrected chi connectivity index (χ3v) is 5.30. The number of anilines is 1. The second-order valence-corrected chi connectivity index (χ2v) is 7.42. The molecule has 0 saturated carbocycles. The minimum Gasteiger partial charge on any atom is -0.397 e. The Hall–Kier alpha value is -3.17. The van der Waals surface area contributed by atoms with Gasteiger partial charge in [-0.25, -0.2) is 4.39 Å². The van der Waals surface area contributed by atoms with Gasteiger partial charge in [0.15, 0.2) is 11.5 Å². The summed E-state index contributed by atoms with van der Waals surface area (Å²) in [5.41, 5.74) is 8.99. The molecule has 1 aromatic carbocycles. The van der Waals surface area contributed by atoms with E-state index in [9.17, 15) is 4.39 Å². The molecule has 4 heterocycles. The highest BCUT2D eigenvalue weighted by molar-refractivity contribution is 7.99. The SMILES string of the molecule is Cl.Cn1cc(-c2cc(F)c3nnc(Sc4ccc5ncc(N)cc5c4)n3c2)cn1. The fourth-order valence-electron chi connectivity index (χ4n) is 3.03. The Balaban J connectivity index is 0.00000205.